The van der Waals surface area contributed by atoms with Crippen molar-refractivity contribution in [3.05, 3.63) is 58.3 Å². The Labute approximate surface area is 128 Å². The molecule has 3 rings (SSSR count). The molecular formula is C17H15N3S. The van der Waals surface area contributed by atoms with E-state index in [1.807, 2.05) is 37.4 Å². The van der Waals surface area contributed by atoms with Crippen LogP contribution >= 0.6 is 11.3 Å². The number of aromatic nitrogens is 1. The Kier molecular flexibility index (Phi) is 3.85. The highest BCUT2D eigenvalue weighted by molar-refractivity contribution is 7.09. The number of anilines is 1. The van der Waals surface area contributed by atoms with Gasteiger partial charge in [-0.15, -0.1) is 11.3 Å². The summed E-state index contributed by atoms with van der Waals surface area (Å²) in [6.07, 6.45) is 0.991. The molecule has 0 radical (unpaired) electrons. The summed E-state index contributed by atoms with van der Waals surface area (Å²) in [4.78, 5) is 8.13. The first-order chi connectivity index (χ1) is 10.3. The molecular weight excluding hydrogens is 278 g/mol. The predicted molar refractivity (Wildman–Crippen MR) is 87.8 cm³/mol. The van der Waals surface area contributed by atoms with Crippen molar-refractivity contribution in [1.82, 2.24) is 4.98 Å². The monoisotopic (exact) mass is 293 g/mol. The van der Waals surface area contributed by atoms with Crippen LogP contribution in [0.1, 0.15) is 10.4 Å². The third-order valence-electron chi connectivity index (χ3n) is 3.49. The topological polar surface area (TPSA) is 39.9 Å². The maximum atomic E-state index is 9.33. The number of para-hydroxylation sites is 1. The molecule has 0 spiro atoms. The highest BCUT2D eigenvalue weighted by Crippen LogP contribution is 2.22. The van der Waals surface area contributed by atoms with Crippen LogP contribution in [0.2, 0.25) is 0 Å². The zero-order valence-electron chi connectivity index (χ0n) is 11.8. The van der Waals surface area contributed by atoms with Gasteiger partial charge in [0.15, 0.2) is 0 Å². The molecule has 1 aromatic carbocycles. The molecule has 2 aromatic heterocycles. The van der Waals surface area contributed by atoms with Gasteiger partial charge >= 0.3 is 0 Å². The SMILES string of the molecule is CN(CCc1cccs1)c1cc(C#N)c2ccccc2n1. The average molecular weight is 293 g/mol. The van der Waals surface area contributed by atoms with Gasteiger partial charge in [-0.05, 0) is 30.0 Å². The predicted octanol–water partition coefficient (Wildman–Crippen LogP) is 3.85. The fourth-order valence-corrected chi connectivity index (χ4v) is 2.99. The third-order valence-corrected chi connectivity index (χ3v) is 4.42. The second kappa shape index (κ2) is 5.94. The Hall–Kier alpha value is -2.38. The number of fused-ring (bicyclic) bond motifs is 1. The highest BCUT2D eigenvalue weighted by atomic mass is 32.1. The Morgan fingerprint density at radius 2 is 2.10 bits per heavy atom. The number of nitriles is 1. The van der Waals surface area contributed by atoms with Gasteiger partial charge in [0.2, 0.25) is 0 Å². The van der Waals surface area contributed by atoms with E-state index in [1.54, 1.807) is 11.3 Å². The Morgan fingerprint density at radius 1 is 1.24 bits per heavy atom. The Morgan fingerprint density at radius 3 is 2.86 bits per heavy atom. The van der Waals surface area contributed by atoms with Crippen LogP contribution in [0.4, 0.5) is 5.82 Å². The zero-order valence-corrected chi connectivity index (χ0v) is 12.6. The average Bonchev–Trinajstić information content (AvgIpc) is 3.04. The molecule has 3 aromatic rings. The minimum atomic E-state index is 0.679. The van der Waals surface area contributed by atoms with Gasteiger partial charge in [-0.1, -0.05) is 24.3 Å². The Bertz CT molecular complexity index is 787. The number of likely N-dealkylation sites (N-methyl/N-ethyl adjacent to an activating group) is 1. The quantitative estimate of drug-likeness (QED) is 0.733. The molecule has 0 aliphatic rings. The summed E-state index contributed by atoms with van der Waals surface area (Å²) in [5.74, 6) is 0.849. The van der Waals surface area contributed by atoms with Gasteiger partial charge in [-0.25, -0.2) is 4.98 Å². The molecule has 0 aliphatic carbocycles. The fraction of sp³-hybridized carbons (Fsp3) is 0.176. The summed E-state index contributed by atoms with van der Waals surface area (Å²) < 4.78 is 0. The highest BCUT2D eigenvalue weighted by Gasteiger charge is 2.09. The van der Waals surface area contributed by atoms with Crippen molar-refractivity contribution in [2.24, 2.45) is 0 Å². The molecule has 2 heterocycles. The molecule has 0 fully saturated rings. The number of pyridine rings is 1. The van der Waals surface area contributed by atoms with Gasteiger partial charge in [0.25, 0.3) is 0 Å². The zero-order chi connectivity index (χ0) is 14.7. The van der Waals surface area contributed by atoms with E-state index in [9.17, 15) is 5.26 Å². The van der Waals surface area contributed by atoms with Gasteiger partial charge in [0.05, 0.1) is 17.1 Å². The van der Waals surface area contributed by atoms with E-state index >= 15 is 0 Å². The van der Waals surface area contributed by atoms with E-state index in [-0.39, 0.29) is 0 Å². The Balaban J connectivity index is 1.87. The summed E-state index contributed by atoms with van der Waals surface area (Å²) in [6.45, 7) is 0.886. The molecule has 3 nitrogen and oxygen atoms in total. The van der Waals surface area contributed by atoms with Crippen LogP contribution in [0.3, 0.4) is 0 Å². The lowest BCUT2D eigenvalue weighted by atomic mass is 10.1. The van der Waals surface area contributed by atoms with Crippen molar-refractivity contribution >= 4 is 28.1 Å². The lowest BCUT2D eigenvalue weighted by molar-refractivity contribution is 0.872. The first-order valence-electron chi connectivity index (χ1n) is 6.81. The molecule has 0 amide bonds. The second-order valence-electron chi connectivity index (χ2n) is 4.91. The van der Waals surface area contributed by atoms with Gasteiger partial charge in [0, 0.05) is 23.9 Å². The fourth-order valence-electron chi connectivity index (χ4n) is 2.30. The number of hydrogen-bond donors (Lipinski definition) is 0. The normalized spacial score (nSPS) is 10.5. The molecule has 0 N–H and O–H groups in total. The summed E-state index contributed by atoms with van der Waals surface area (Å²) >= 11 is 1.77. The maximum absolute atomic E-state index is 9.33. The van der Waals surface area contributed by atoms with E-state index in [0.717, 1.165) is 29.7 Å². The van der Waals surface area contributed by atoms with Gasteiger partial charge in [-0.2, -0.15) is 5.26 Å². The number of thiophene rings is 1. The number of rotatable bonds is 4. The van der Waals surface area contributed by atoms with Crippen LogP contribution in [0.15, 0.2) is 47.8 Å². The molecule has 0 unspecified atom stereocenters. The molecule has 0 atom stereocenters. The lowest BCUT2D eigenvalue weighted by Crippen LogP contribution is -2.21. The van der Waals surface area contributed by atoms with Crippen molar-refractivity contribution < 1.29 is 0 Å². The maximum Gasteiger partial charge on any atom is 0.130 e. The molecule has 0 saturated carbocycles. The first-order valence-corrected chi connectivity index (χ1v) is 7.69. The largest absolute Gasteiger partial charge is 0.359 e. The van der Waals surface area contributed by atoms with Crippen molar-refractivity contribution in [3.63, 3.8) is 0 Å². The van der Waals surface area contributed by atoms with Crippen LogP contribution in [0.5, 0.6) is 0 Å². The van der Waals surface area contributed by atoms with E-state index in [2.05, 4.69) is 33.5 Å². The van der Waals surface area contributed by atoms with Crippen molar-refractivity contribution in [2.45, 2.75) is 6.42 Å². The lowest BCUT2D eigenvalue weighted by Gasteiger charge is -2.18. The van der Waals surface area contributed by atoms with Gasteiger partial charge < -0.3 is 4.90 Å². The van der Waals surface area contributed by atoms with Crippen molar-refractivity contribution in [1.29, 1.82) is 5.26 Å². The number of hydrogen-bond acceptors (Lipinski definition) is 4. The standard InChI is InChI=1S/C17H15N3S/c1-20(9-8-14-5-4-10-21-14)17-11-13(12-18)15-6-2-3-7-16(15)19-17/h2-7,10-11H,8-9H2,1H3. The summed E-state index contributed by atoms with van der Waals surface area (Å²) in [5.41, 5.74) is 1.55. The molecule has 0 saturated heterocycles. The van der Waals surface area contributed by atoms with Crippen molar-refractivity contribution in [3.8, 4) is 6.07 Å². The van der Waals surface area contributed by atoms with Crippen LogP contribution in [-0.2, 0) is 6.42 Å². The van der Waals surface area contributed by atoms with Crippen LogP contribution in [-0.4, -0.2) is 18.6 Å². The van der Waals surface area contributed by atoms with Crippen molar-refractivity contribution in [2.75, 3.05) is 18.5 Å². The third kappa shape index (κ3) is 2.88. The van der Waals surface area contributed by atoms with Crippen LogP contribution in [0.25, 0.3) is 10.9 Å². The van der Waals surface area contributed by atoms with Crippen LogP contribution in [0, 0.1) is 11.3 Å². The molecule has 104 valence electrons. The van der Waals surface area contributed by atoms with E-state index in [4.69, 9.17) is 0 Å². The molecule has 0 aliphatic heterocycles. The molecule has 0 bridgehead atoms. The number of benzene rings is 1. The molecule has 4 heteroatoms. The van der Waals surface area contributed by atoms with E-state index in [1.165, 1.54) is 4.88 Å². The first kappa shape index (κ1) is 13.6. The van der Waals surface area contributed by atoms with E-state index < -0.39 is 0 Å². The smallest absolute Gasteiger partial charge is 0.130 e. The van der Waals surface area contributed by atoms with E-state index in [0.29, 0.717) is 5.56 Å². The number of nitrogens with zero attached hydrogens (tertiary/aromatic N) is 3. The second-order valence-corrected chi connectivity index (χ2v) is 5.94. The minimum Gasteiger partial charge on any atom is -0.359 e. The molecule has 21 heavy (non-hydrogen) atoms. The summed E-state index contributed by atoms with van der Waals surface area (Å²) in [7, 11) is 2.02. The van der Waals surface area contributed by atoms with Gasteiger partial charge in [-0.3, -0.25) is 0 Å². The van der Waals surface area contributed by atoms with Gasteiger partial charge in [0.1, 0.15) is 5.82 Å². The minimum absolute atomic E-state index is 0.679. The summed E-state index contributed by atoms with van der Waals surface area (Å²) in [6, 6.07) is 16.1. The van der Waals surface area contributed by atoms with Crippen LogP contribution < -0.4 is 4.90 Å². The summed E-state index contributed by atoms with van der Waals surface area (Å²) in [5, 5.41) is 12.3.